The molecule has 0 amide bonds. The fraction of sp³-hybridized carbons (Fsp3) is 0.133. The molecule has 2 aromatic carbocycles. The van der Waals surface area contributed by atoms with Crippen LogP contribution >= 0.6 is 0 Å². The zero-order chi connectivity index (χ0) is 15.6. The minimum absolute atomic E-state index is 0.0310. The van der Waals surface area contributed by atoms with Crippen LogP contribution in [0.15, 0.2) is 41.3 Å². The van der Waals surface area contributed by atoms with Crippen LogP contribution in [-0.2, 0) is 15.6 Å². The average Bonchev–Trinajstić information content (AvgIpc) is 2.43. The van der Waals surface area contributed by atoms with Crippen LogP contribution in [-0.4, -0.2) is 8.42 Å². The zero-order valence-corrected chi connectivity index (χ0v) is 12.1. The van der Waals surface area contributed by atoms with Crippen molar-refractivity contribution in [1.29, 1.82) is 5.26 Å². The Bertz CT molecular complexity index is 839. The number of rotatable bonds is 3. The lowest BCUT2D eigenvalue weighted by Crippen LogP contribution is -2.07. The van der Waals surface area contributed by atoms with Crippen molar-refractivity contribution >= 4 is 15.5 Å². The molecule has 21 heavy (non-hydrogen) atoms. The number of nitriles is 1. The molecule has 0 fully saturated rings. The van der Waals surface area contributed by atoms with E-state index in [1.165, 1.54) is 30.3 Å². The van der Waals surface area contributed by atoms with Crippen molar-refractivity contribution in [3.63, 3.8) is 0 Å². The van der Waals surface area contributed by atoms with Crippen LogP contribution in [0, 0.1) is 24.1 Å². The maximum absolute atomic E-state index is 13.8. The molecular formula is C15H13FN2O2S. The molecule has 0 unspecified atom stereocenters. The number of nitrogen functional groups attached to an aromatic ring is 1. The van der Waals surface area contributed by atoms with E-state index in [1.54, 1.807) is 13.0 Å². The van der Waals surface area contributed by atoms with Crippen molar-refractivity contribution in [3.05, 3.63) is 58.9 Å². The number of aryl methyl sites for hydroxylation is 1. The van der Waals surface area contributed by atoms with E-state index >= 15 is 0 Å². The highest BCUT2D eigenvalue weighted by atomic mass is 32.2. The molecule has 0 aliphatic rings. The van der Waals surface area contributed by atoms with E-state index in [-0.39, 0.29) is 16.0 Å². The van der Waals surface area contributed by atoms with E-state index in [0.29, 0.717) is 11.3 Å². The van der Waals surface area contributed by atoms with Gasteiger partial charge in [-0.1, -0.05) is 6.07 Å². The molecule has 0 spiro atoms. The molecule has 0 heterocycles. The van der Waals surface area contributed by atoms with Gasteiger partial charge in [0.05, 0.1) is 22.3 Å². The van der Waals surface area contributed by atoms with Gasteiger partial charge in [-0.3, -0.25) is 0 Å². The van der Waals surface area contributed by atoms with Gasteiger partial charge in [-0.25, -0.2) is 12.8 Å². The topological polar surface area (TPSA) is 84.0 Å². The fourth-order valence-electron chi connectivity index (χ4n) is 1.86. The molecule has 0 aliphatic carbocycles. The van der Waals surface area contributed by atoms with Gasteiger partial charge in [-0.15, -0.1) is 0 Å². The maximum Gasteiger partial charge on any atom is 0.182 e. The van der Waals surface area contributed by atoms with Crippen LogP contribution in [0.5, 0.6) is 0 Å². The van der Waals surface area contributed by atoms with Crippen molar-refractivity contribution in [2.75, 3.05) is 5.73 Å². The first-order valence-corrected chi connectivity index (χ1v) is 7.76. The SMILES string of the molecule is Cc1cc(S(=O)(=O)Cc2ccc(C#N)cc2F)ccc1N. The van der Waals surface area contributed by atoms with E-state index in [1.807, 2.05) is 0 Å². The Kier molecular flexibility index (Phi) is 3.96. The van der Waals surface area contributed by atoms with Crippen LogP contribution in [0.4, 0.5) is 10.1 Å². The molecule has 4 nitrogen and oxygen atoms in total. The predicted octanol–water partition coefficient (Wildman–Crippen LogP) is 2.56. The summed E-state index contributed by atoms with van der Waals surface area (Å²) in [6, 6.07) is 9.91. The molecule has 0 radical (unpaired) electrons. The molecule has 2 rings (SSSR count). The van der Waals surface area contributed by atoms with Gasteiger partial charge in [0.1, 0.15) is 5.82 Å². The second-order valence-electron chi connectivity index (χ2n) is 4.70. The Morgan fingerprint density at radius 1 is 1.24 bits per heavy atom. The third-order valence-corrected chi connectivity index (χ3v) is 4.79. The fourth-order valence-corrected chi connectivity index (χ4v) is 3.31. The van der Waals surface area contributed by atoms with E-state index in [9.17, 15) is 12.8 Å². The summed E-state index contributed by atoms with van der Waals surface area (Å²) in [5, 5.41) is 8.67. The van der Waals surface area contributed by atoms with Crippen molar-refractivity contribution in [3.8, 4) is 6.07 Å². The first-order valence-electron chi connectivity index (χ1n) is 6.11. The number of hydrogen-bond donors (Lipinski definition) is 1. The number of hydrogen-bond acceptors (Lipinski definition) is 4. The monoisotopic (exact) mass is 304 g/mol. The third-order valence-electron chi connectivity index (χ3n) is 3.13. The zero-order valence-electron chi connectivity index (χ0n) is 11.3. The summed E-state index contributed by atoms with van der Waals surface area (Å²) in [6.45, 7) is 1.71. The van der Waals surface area contributed by atoms with Crippen molar-refractivity contribution in [2.45, 2.75) is 17.6 Å². The molecule has 2 aromatic rings. The van der Waals surface area contributed by atoms with Crippen molar-refractivity contribution in [1.82, 2.24) is 0 Å². The second kappa shape index (κ2) is 5.54. The summed E-state index contributed by atoms with van der Waals surface area (Å²) in [6.07, 6.45) is 0. The Balaban J connectivity index is 2.37. The normalized spacial score (nSPS) is 11.1. The van der Waals surface area contributed by atoms with Crippen LogP contribution in [0.2, 0.25) is 0 Å². The van der Waals surface area contributed by atoms with Crippen LogP contribution < -0.4 is 5.73 Å². The molecule has 0 saturated heterocycles. The lowest BCUT2D eigenvalue weighted by atomic mass is 10.1. The van der Waals surface area contributed by atoms with Gasteiger partial charge >= 0.3 is 0 Å². The summed E-state index contributed by atoms with van der Waals surface area (Å²) in [4.78, 5) is 0.0953. The third kappa shape index (κ3) is 3.20. The summed E-state index contributed by atoms with van der Waals surface area (Å²) in [5.74, 6) is -1.17. The van der Waals surface area contributed by atoms with Crippen molar-refractivity contribution in [2.24, 2.45) is 0 Å². The number of sulfone groups is 1. The van der Waals surface area contributed by atoms with Gasteiger partial charge in [0.2, 0.25) is 0 Å². The summed E-state index contributed by atoms with van der Waals surface area (Å²) >= 11 is 0. The van der Waals surface area contributed by atoms with Gasteiger partial charge in [-0.05, 0) is 42.8 Å². The van der Waals surface area contributed by atoms with Gasteiger partial charge in [0, 0.05) is 11.3 Å². The van der Waals surface area contributed by atoms with Gasteiger partial charge in [0.15, 0.2) is 9.84 Å². The number of halogens is 1. The molecule has 2 N–H and O–H groups in total. The molecule has 0 aliphatic heterocycles. The first-order chi connectivity index (χ1) is 9.83. The Morgan fingerprint density at radius 2 is 1.95 bits per heavy atom. The Morgan fingerprint density at radius 3 is 2.52 bits per heavy atom. The Labute approximate surface area is 122 Å². The molecule has 0 saturated carbocycles. The summed E-state index contributed by atoms with van der Waals surface area (Å²) in [7, 11) is -3.67. The van der Waals surface area contributed by atoms with E-state index in [0.717, 1.165) is 6.07 Å². The lowest BCUT2D eigenvalue weighted by molar-refractivity contribution is 0.587. The molecule has 108 valence electrons. The van der Waals surface area contributed by atoms with Crippen LogP contribution in [0.3, 0.4) is 0 Å². The van der Waals surface area contributed by atoms with Gasteiger partial charge < -0.3 is 5.73 Å². The summed E-state index contributed by atoms with van der Waals surface area (Å²) in [5.41, 5.74) is 6.98. The number of nitrogens with two attached hydrogens (primary N) is 1. The lowest BCUT2D eigenvalue weighted by Gasteiger charge is -2.08. The average molecular weight is 304 g/mol. The molecular weight excluding hydrogens is 291 g/mol. The van der Waals surface area contributed by atoms with Gasteiger partial charge in [-0.2, -0.15) is 5.26 Å². The molecule has 0 aromatic heterocycles. The second-order valence-corrected chi connectivity index (χ2v) is 6.69. The summed E-state index contributed by atoms with van der Waals surface area (Å²) < 4.78 is 38.4. The predicted molar refractivity (Wildman–Crippen MR) is 77.6 cm³/mol. The highest BCUT2D eigenvalue weighted by Crippen LogP contribution is 2.22. The minimum Gasteiger partial charge on any atom is -0.399 e. The van der Waals surface area contributed by atoms with Crippen LogP contribution in [0.25, 0.3) is 0 Å². The Hall–Kier alpha value is -2.39. The highest BCUT2D eigenvalue weighted by Gasteiger charge is 2.18. The highest BCUT2D eigenvalue weighted by molar-refractivity contribution is 7.90. The molecule has 6 heteroatoms. The van der Waals surface area contributed by atoms with Crippen molar-refractivity contribution < 1.29 is 12.8 Å². The molecule has 0 bridgehead atoms. The standard InChI is InChI=1S/C15H13FN2O2S/c1-10-6-13(4-5-15(10)18)21(19,20)9-12-3-2-11(8-17)7-14(12)16/h2-7H,9,18H2,1H3. The van der Waals surface area contributed by atoms with Crippen LogP contribution in [0.1, 0.15) is 16.7 Å². The molecule has 0 atom stereocenters. The number of anilines is 1. The van der Waals surface area contributed by atoms with E-state index in [4.69, 9.17) is 11.0 Å². The largest absolute Gasteiger partial charge is 0.399 e. The van der Waals surface area contributed by atoms with Gasteiger partial charge in [0.25, 0.3) is 0 Å². The quantitative estimate of drug-likeness (QED) is 0.883. The van der Waals surface area contributed by atoms with E-state index < -0.39 is 21.4 Å². The minimum atomic E-state index is -3.67. The first kappa shape index (κ1) is 15.0. The maximum atomic E-state index is 13.8. The smallest absolute Gasteiger partial charge is 0.182 e. The van der Waals surface area contributed by atoms with E-state index in [2.05, 4.69) is 0 Å². The number of nitrogens with zero attached hydrogens (tertiary/aromatic N) is 1. The number of benzene rings is 2.